The summed E-state index contributed by atoms with van der Waals surface area (Å²) >= 11 is 5.16. The standard InChI is InChI=1S/C15H18BrN3S.ClH/c16-13-3-1-2-12(8-13)11-4-6-19(7-5-11)10-14-9-18-15(17)20-14;/h1-3,8-9,11H,4-7,10H2,(H2,17,18);1H. The molecule has 6 heteroatoms. The SMILES string of the molecule is Cl.Nc1ncc(CN2CCC(c3cccc(Br)c3)CC2)s1. The third-order valence-electron chi connectivity index (χ3n) is 3.86. The molecule has 0 aliphatic carbocycles. The highest BCUT2D eigenvalue weighted by Gasteiger charge is 2.21. The molecule has 114 valence electrons. The average Bonchev–Trinajstić information content (AvgIpc) is 2.85. The predicted octanol–water partition coefficient (Wildman–Crippen LogP) is 4.29. The Kier molecular flexibility index (Phi) is 6.05. The first-order chi connectivity index (χ1) is 9.70. The van der Waals surface area contributed by atoms with E-state index in [-0.39, 0.29) is 12.4 Å². The van der Waals surface area contributed by atoms with E-state index in [2.05, 4.69) is 50.1 Å². The highest BCUT2D eigenvalue weighted by molar-refractivity contribution is 9.10. The molecule has 1 aromatic carbocycles. The van der Waals surface area contributed by atoms with Crippen molar-refractivity contribution in [2.75, 3.05) is 18.8 Å². The fourth-order valence-corrected chi connectivity index (χ4v) is 3.94. The number of benzene rings is 1. The fraction of sp³-hybridized carbons (Fsp3) is 0.400. The van der Waals surface area contributed by atoms with E-state index in [1.807, 2.05) is 6.20 Å². The van der Waals surface area contributed by atoms with Crippen LogP contribution in [-0.2, 0) is 6.54 Å². The summed E-state index contributed by atoms with van der Waals surface area (Å²) in [6, 6.07) is 8.72. The second kappa shape index (κ2) is 7.58. The minimum Gasteiger partial charge on any atom is -0.375 e. The number of piperidine rings is 1. The summed E-state index contributed by atoms with van der Waals surface area (Å²) in [5, 5.41) is 0.670. The Labute approximate surface area is 144 Å². The van der Waals surface area contributed by atoms with Gasteiger partial charge in [-0.3, -0.25) is 4.90 Å². The second-order valence-corrected chi connectivity index (χ2v) is 7.33. The van der Waals surface area contributed by atoms with Gasteiger partial charge in [-0.1, -0.05) is 28.1 Å². The van der Waals surface area contributed by atoms with Crippen molar-refractivity contribution >= 4 is 44.8 Å². The van der Waals surface area contributed by atoms with E-state index >= 15 is 0 Å². The first-order valence-electron chi connectivity index (χ1n) is 6.89. The topological polar surface area (TPSA) is 42.1 Å². The molecule has 21 heavy (non-hydrogen) atoms. The van der Waals surface area contributed by atoms with Crippen molar-refractivity contribution < 1.29 is 0 Å². The maximum absolute atomic E-state index is 5.68. The molecular formula is C15H19BrClN3S. The van der Waals surface area contributed by atoms with Crippen LogP contribution in [0.25, 0.3) is 0 Å². The van der Waals surface area contributed by atoms with E-state index < -0.39 is 0 Å². The maximum atomic E-state index is 5.68. The molecule has 0 atom stereocenters. The van der Waals surface area contributed by atoms with Gasteiger partial charge in [-0.15, -0.1) is 23.7 Å². The predicted molar refractivity (Wildman–Crippen MR) is 95.2 cm³/mol. The van der Waals surface area contributed by atoms with Crippen molar-refractivity contribution in [1.29, 1.82) is 0 Å². The molecule has 3 rings (SSSR count). The van der Waals surface area contributed by atoms with Crippen molar-refractivity contribution in [1.82, 2.24) is 9.88 Å². The zero-order valence-corrected chi connectivity index (χ0v) is 14.9. The summed E-state index contributed by atoms with van der Waals surface area (Å²) in [7, 11) is 0. The first-order valence-corrected chi connectivity index (χ1v) is 8.49. The summed E-state index contributed by atoms with van der Waals surface area (Å²) in [5.41, 5.74) is 7.14. The monoisotopic (exact) mass is 387 g/mol. The molecular weight excluding hydrogens is 370 g/mol. The third-order valence-corrected chi connectivity index (χ3v) is 5.16. The van der Waals surface area contributed by atoms with E-state index in [1.165, 1.54) is 27.8 Å². The minimum atomic E-state index is 0. The number of nitrogens with two attached hydrogens (primary N) is 1. The van der Waals surface area contributed by atoms with Crippen LogP contribution < -0.4 is 5.73 Å². The molecule has 0 spiro atoms. The van der Waals surface area contributed by atoms with Crippen molar-refractivity contribution in [3.05, 3.63) is 45.4 Å². The number of rotatable bonds is 3. The van der Waals surface area contributed by atoms with Crippen LogP contribution in [0.15, 0.2) is 34.9 Å². The average molecular weight is 389 g/mol. The number of anilines is 1. The molecule has 0 radical (unpaired) electrons. The van der Waals surface area contributed by atoms with Gasteiger partial charge in [0.1, 0.15) is 0 Å². The zero-order valence-electron chi connectivity index (χ0n) is 11.7. The van der Waals surface area contributed by atoms with Gasteiger partial charge in [0.15, 0.2) is 5.13 Å². The van der Waals surface area contributed by atoms with Crippen LogP contribution in [0.5, 0.6) is 0 Å². The molecule has 1 aliphatic rings. The molecule has 0 saturated carbocycles. The summed E-state index contributed by atoms with van der Waals surface area (Å²) < 4.78 is 1.18. The van der Waals surface area contributed by atoms with Crippen molar-refractivity contribution in [3.63, 3.8) is 0 Å². The highest BCUT2D eigenvalue weighted by Crippen LogP contribution is 2.30. The maximum Gasteiger partial charge on any atom is 0.180 e. The van der Waals surface area contributed by atoms with Gasteiger partial charge in [0.25, 0.3) is 0 Å². The van der Waals surface area contributed by atoms with Gasteiger partial charge in [-0.25, -0.2) is 4.98 Å². The number of aromatic nitrogens is 1. The lowest BCUT2D eigenvalue weighted by Crippen LogP contribution is -2.32. The smallest absolute Gasteiger partial charge is 0.180 e. The number of nitrogen functional groups attached to an aromatic ring is 1. The summed E-state index contributed by atoms with van der Waals surface area (Å²) in [4.78, 5) is 7.89. The largest absolute Gasteiger partial charge is 0.375 e. The van der Waals surface area contributed by atoms with Crippen LogP contribution in [0.4, 0.5) is 5.13 Å². The van der Waals surface area contributed by atoms with Crippen molar-refractivity contribution in [2.45, 2.75) is 25.3 Å². The number of thiazole rings is 1. The quantitative estimate of drug-likeness (QED) is 0.853. The summed E-state index contributed by atoms with van der Waals surface area (Å²) in [6.07, 6.45) is 4.36. The normalized spacial score (nSPS) is 16.6. The molecule has 1 aliphatic heterocycles. The Morgan fingerprint density at radius 1 is 1.33 bits per heavy atom. The van der Waals surface area contributed by atoms with Crippen molar-refractivity contribution in [3.8, 4) is 0 Å². The van der Waals surface area contributed by atoms with Crippen LogP contribution in [0.3, 0.4) is 0 Å². The van der Waals surface area contributed by atoms with E-state index in [0.717, 1.165) is 19.6 Å². The van der Waals surface area contributed by atoms with Crippen LogP contribution in [0.1, 0.15) is 29.2 Å². The second-order valence-electron chi connectivity index (χ2n) is 5.27. The summed E-state index contributed by atoms with van der Waals surface area (Å²) in [5.74, 6) is 0.690. The molecule has 2 N–H and O–H groups in total. The molecule has 0 unspecified atom stereocenters. The molecule has 1 saturated heterocycles. The third kappa shape index (κ3) is 4.42. The van der Waals surface area contributed by atoms with Crippen LogP contribution in [0, 0.1) is 0 Å². The Morgan fingerprint density at radius 3 is 2.71 bits per heavy atom. The minimum absolute atomic E-state index is 0. The molecule has 0 amide bonds. The molecule has 2 aromatic rings. The Bertz CT molecular complexity index is 582. The number of hydrogen-bond acceptors (Lipinski definition) is 4. The Hall–Kier alpha value is -0.620. The molecule has 0 bridgehead atoms. The fourth-order valence-electron chi connectivity index (χ4n) is 2.80. The van der Waals surface area contributed by atoms with Gasteiger partial charge in [0.05, 0.1) is 0 Å². The highest BCUT2D eigenvalue weighted by atomic mass is 79.9. The molecule has 1 aromatic heterocycles. The lowest BCUT2D eigenvalue weighted by molar-refractivity contribution is 0.206. The molecule has 1 fully saturated rings. The van der Waals surface area contributed by atoms with E-state index in [9.17, 15) is 0 Å². The van der Waals surface area contributed by atoms with Gasteiger partial charge in [0, 0.05) is 22.1 Å². The number of hydrogen-bond donors (Lipinski definition) is 1. The molecule has 3 nitrogen and oxygen atoms in total. The number of halogens is 2. The van der Waals surface area contributed by atoms with E-state index in [0.29, 0.717) is 11.0 Å². The van der Waals surface area contributed by atoms with E-state index in [1.54, 1.807) is 11.3 Å². The summed E-state index contributed by atoms with van der Waals surface area (Å²) in [6.45, 7) is 3.28. The van der Waals surface area contributed by atoms with Crippen LogP contribution in [0.2, 0.25) is 0 Å². The Morgan fingerprint density at radius 2 is 2.10 bits per heavy atom. The van der Waals surface area contributed by atoms with Crippen molar-refractivity contribution in [2.24, 2.45) is 0 Å². The van der Waals surface area contributed by atoms with Crippen LogP contribution >= 0.6 is 39.7 Å². The number of likely N-dealkylation sites (tertiary alicyclic amines) is 1. The number of nitrogens with zero attached hydrogens (tertiary/aromatic N) is 2. The zero-order chi connectivity index (χ0) is 13.9. The first kappa shape index (κ1) is 16.7. The van der Waals surface area contributed by atoms with Gasteiger partial charge in [0.2, 0.25) is 0 Å². The lowest BCUT2D eigenvalue weighted by atomic mass is 9.89. The van der Waals surface area contributed by atoms with Gasteiger partial charge >= 0.3 is 0 Å². The van der Waals surface area contributed by atoms with Crippen LogP contribution in [-0.4, -0.2) is 23.0 Å². The Balaban J connectivity index is 0.00000161. The van der Waals surface area contributed by atoms with Gasteiger partial charge < -0.3 is 5.73 Å². The van der Waals surface area contributed by atoms with E-state index in [4.69, 9.17) is 5.73 Å². The van der Waals surface area contributed by atoms with Gasteiger partial charge in [-0.2, -0.15) is 0 Å². The molecule has 2 heterocycles. The lowest BCUT2D eigenvalue weighted by Gasteiger charge is -2.31. The van der Waals surface area contributed by atoms with Gasteiger partial charge in [-0.05, 0) is 49.5 Å².